The second-order valence-corrected chi connectivity index (χ2v) is 15.6. The molecular weight excluding hydrogens is 699 g/mol. The van der Waals surface area contributed by atoms with Crippen molar-refractivity contribution in [1.82, 2.24) is 24.5 Å². The quantitative estimate of drug-likeness (QED) is 0.177. The van der Waals surface area contributed by atoms with Gasteiger partial charge in [-0.15, -0.1) is 22.7 Å². The fourth-order valence-corrected chi connectivity index (χ4v) is 9.78. The molecule has 10 aromatic rings. The van der Waals surface area contributed by atoms with Crippen LogP contribution in [0.15, 0.2) is 157 Å². The number of benzene rings is 6. The molecule has 5 nitrogen and oxygen atoms in total. The van der Waals surface area contributed by atoms with Crippen LogP contribution in [0.5, 0.6) is 0 Å². The zero-order chi connectivity index (χ0) is 35.6. The molecule has 0 aliphatic heterocycles. The summed E-state index contributed by atoms with van der Waals surface area (Å²) >= 11 is 3.55. The van der Waals surface area contributed by atoms with Crippen molar-refractivity contribution in [1.29, 1.82) is 0 Å². The van der Waals surface area contributed by atoms with E-state index in [1.54, 1.807) is 11.3 Å². The van der Waals surface area contributed by atoms with Crippen LogP contribution in [0.3, 0.4) is 0 Å². The van der Waals surface area contributed by atoms with Gasteiger partial charge in [0.25, 0.3) is 0 Å². The van der Waals surface area contributed by atoms with E-state index in [1.165, 1.54) is 52.6 Å². The molecule has 54 heavy (non-hydrogen) atoms. The fourth-order valence-electron chi connectivity index (χ4n) is 7.68. The highest BCUT2D eigenvalue weighted by molar-refractivity contribution is 7.20. The molecule has 0 N–H and O–H groups in total. The number of para-hydroxylation sites is 3. The van der Waals surface area contributed by atoms with Gasteiger partial charge in [0.2, 0.25) is 0 Å². The molecule has 0 amide bonds. The van der Waals surface area contributed by atoms with Crippen LogP contribution in [0.4, 0.5) is 0 Å². The Hall–Kier alpha value is -6.54. The second-order valence-electron chi connectivity index (χ2n) is 13.5. The smallest absolute Gasteiger partial charge is 0.164 e. The number of hydrogen-bond acceptors (Lipinski definition) is 6. The lowest BCUT2D eigenvalue weighted by molar-refractivity contribution is 1.07. The summed E-state index contributed by atoms with van der Waals surface area (Å²) in [5, 5.41) is 4.71. The van der Waals surface area contributed by atoms with Crippen LogP contribution in [-0.2, 0) is 6.42 Å². The molecule has 4 aromatic heterocycles. The highest BCUT2D eigenvalue weighted by atomic mass is 32.1. The van der Waals surface area contributed by atoms with Crippen LogP contribution in [0.2, 0.25) is 0 Å². The first-order valence-corrected chi connectivity index (χ1v) is 19.6. The largest absolute Gasteiger partial charge is 0.309 e. The first kappa shape index (κ1) is 31.0. The number of fused-ring (bicyclic) bond motifs is 7. The van der Waals surface area contributed by atoms with E-state index < -0.39 is 0 Å². The molecule has 1 aliphatic carbocycles. The first-order chi connectivity index (χ1) is 26.7. The molecule has 254 valence electrons. The van der Waals surface area contributed by atoms with E-state index in [0.29, 0.717) is 17.5 Å². The predicted octanol–water partition coefficient (Wildman–Crippen LogP) is 12.4. The Morgan fingerprint density at radius 1 is 0.519 bits per heavy atom. The van der Waals surface area contributed by atoms with E-state index in [0.717, 1.165) is 39.3 Å². The molecule has 0 saturated carbocycles. The summed E-state index contributed by atoms with van der Waals surface area (Å²) in [6.45, 7) is 0. The normalized spacial score (nSPS) is 13.4. The maximum atomic E-state index is 5.22. The number of hydrogen-bond donors (Lipinski definition) is 0. The van der Waals surface area contributed by atoms with Gasteiger partial charge >= 0.3 is 0 Å². The van der Waals surface area contributed by atoms with Crippen molar-refractivity contribution >= 4 is 76.9 Å². The molecule has 0 bridgehead atoms. The minimum atomic E-state index is 0.644. The van der Waals surface area contributed by atoms with E-state index in [-0.39, 0.29) is 0 Å². The van der Waals surface area contributed by atoms with Crippen molar-refractivity contribution in [2.75, 3.05) is 0 Å². The third kappa shape index (κ3) is 5.20. The van der Waals surface area contributed by atoms with E-state index >= 15 is 0 Å². The molecule has 4 heterocycles. The molecule has 7 heteroatoms. The lowest BCUT2D eigenvalue weighted by Crippen LogP contribution is -2.01. The van der Waals surface area contributed by atoms with Gasteiger partial charge in [0.05, 0.1) is 21.3 Å². The van der Waals surface area contributed by atoms with Gasteiger partial charge in [-0.3, -0.25) is 0 Å². The van der Waals surface area contributed by atoms with Gasteiger partial charge in [-0.25, -0.2) is 19.9 Å². The van der Waals surface area contributed by atoms with E-state index in [1.807, 2.05) is 35.6 Å². The van der Waals surface area contributed by atoms with Crippen LogP contribution in [-0.4, -0.2) is 24.5 Å². The van der Waals surface area contributed by atoms with Gasteiger partial charge in [-0.2, -0.15) is 0 Å². The summed E-state index contributed by atoms with van der Waals surface area (Å²) in [4.78, 5) is 21.6. The van der Waals surface area contributed by atoms with Gasteiger partial charge in [0.1, 0.15) is 5.01 Å². The summed E-state index contributed by atoms with van der Waals surface area (Å²) in [5.74, 6) is 1.97. The highest BCUT2D eigenvalue weighted by Gasteiger charge is 2.22. The van der Waals surface area contributed by atoms with Gasteiger partial charge in [-0.1, -0.05) is 97.1 Å². The van der Waals surface area contributed by atoms with Gasteiger partial charge in [0.15, 0.2) is 17.5 Å². The van der Waals surface area contributed by atoms with E-state index in [2.05, 4.69) is 144 Å². The molecule has 0 unspecified atom stereocenters. The standard InChI is InChI=1S/C47H29N5S2/c1-2-11-30(12-3-1)45-49-46(31-22-24-32(25-23-31)52-38-17-7-4-13-33(38)34-14-5-8-18-39(34)52)51-47(50-45)35-15-10-20-42-44(35)36-27-29(21-26-40(36)53-42)28-43-48-37-16-6-9-19-41(37)54-43/h1-26,28H,27H2/b29-28+. The first-order valence-electron chi connectivity index (χ1n) is 17.9. The Labute approximate surface area is 318 Å². The Kier molecular flexibility index (Phi) is 7.21. The molecule has 6 aromatic carbocycles. The molecule has 0 fully saturated rings. The summed E-state index contributed by atoms with van der Waals surface area (Å²) in [7, 11) is 0. The summed E-state index contributed by atoms with van der Waals surface area (Å²) in [6.07, 6.45) is 7.53. The lowest BCUT2D eigenvalue weighted by atomic mass is 9.94. The monoisotopic (exact) mass is 727 g/mol. The number of rotatable bonds is 5. The van der Waals surface area contributed by atoms with E-state index in [4.69, 9.17) is 19.9 Å². The van der Waals surface area contributed by atoms with Crippen molar-refractivity contribution in [3.05, 3.63) is 173 Å². The Balaban J connectivity index is 1.03. The number of thiazole rings is 1. The topological polar surface area (TPSA) is 56.5 Å². The average Bonchev–Trinajstić information content (AvgIpc) is 3.92. The van der Waals surface area contributed by atoms with Crippen molar-refractivity contribution in [3.63, 3.8) is 0 Å². The SMILES string of the molecule is C1=Cc2sc3cccc(-c4nc(-c5ccccc5)nc(-c5ccc(-n6c7ccccc7c7ccccc76)cc5)n4)c3c2C/C1=C/c1nc2ccccc2s1. The number of aromatic nitrogens is 5. The van der Waals surface area contributed by atoms with Crippen LogP contribution in [0.25, 0.3) is 94.1 Å². The highest BCUT2D eigenvalue weighted by Crippen LogP contribution is 2.42. The zero-order valence-corrected chi connectivity index (χ0v) is 30.5. The van der Waals surface area contributed by atoms with Crippen LogP contribution in [0, 0.1) is 0 Å². The summed E-state index contributed by atoms with van der Waals surface area (Å²) in [5.41, 5.74) is 9.94. The van der Waals surface area contributed by atoms with E-state index in [9.17, 15) is 0 Å². The molecule has 11 rings (SSSR count). The van der Waals surface area contributed by atoms with Crippen LogP contribution in [0.1, 0.15) is 15.4 Å². The Morgan fingerprint density at radius 2 is 1.17 bits per heavy atom. The van der Waals surface area contributed by atoms with Crippen molar-refractivity contribution < 1.29 is 0 Å². The molecule has 0 radical (unpaired) electrons. The lowest BCUT2D eigenvalue weighted by Gasteiger charge is -2.13. The Bertz CT molecular complexity index is 3040. The van der Waals surface area contributed by atoms with Gasteiger partial charge in [-0.05, 0) is 84.3 Å². The minimum absolute atomic E-state index is 0.644. The fraction of sp³-hybridized carbons (Fsp3) is 0.0213. The van der Waals surface area contributed by atoms with Crippen molar-refractivity contribution in [2.45, 2.75) is 6.42 Å². The molecule has 0 atom stereocenters. The average molecular weight is 728 g/mol. The molecule has 0 saturated heterocycles. The molecular formula is C47H29N5S2. The van der Waals surface area contributed by atoms with Crippen LogP contribution >= 0.6 is 22.7 Å². The second kappa shape index (κ2) is 12.6. The maximum absolute atomic E-state index is 5.22. The maximum Gasteiger partial charge on any atom is 0.164 e. The third-order valence-electron chi connectivity index (χ3n) is 10.2. The number of allylic oxidation sites excluding steroid dienone is 2. The Morgan fingerprint density at radius 3 is 1.93 bits per heavy atom. The molecule has 0 spiro atoms. The summed E-state index contributed by atoms with van der Waals surface area (Å²) < 4.78 is 4.76. The van der Waals surface area contributed by atoms with Gasteiger partial charge in [0, 0.05) is 48.1 Å². The molecule has 1 aliphatic rings. The zero-order valence-electron chi connectivity index (χ0n) is 28.8. The van der Waals surface area contributed by atoms with Crippen molar-refractivity contribution in [3.8, 4) is 39.9 Å². The summed E-state index contributed by atoms with van der Waals surface area (Å²) in [6, 6.07) is 50.8. The third-order valence-corrected chi connectivity index (χ3v) is 12.3. The van der Waals surface area contributed by atoms with Gasteiger partial charge < -0.3 is 4.57 Å². The van der Waals surface area contributed by atoms with Crippen LogP contribution < -0.4 is 0 Å². The predicted molar refractivity (Wildman–Crippen MR) is 226 cm³/mol. The minimum Gasteiger partial charge on any atom is -0.309 e. The van der Waals surface area contributed by atoms with Crippen molar-refractivity contribution in [2.24, 2.45) is 0 Å². The number of thiophene rings is 1. The number of nitrogens with zero attached hydrogens (tertiary/aromatic N) is 5.